The first-order valence-corrected chi connectivity index (χ1v) is 7.18. The van der Waals surface area contributed by atoms with Crippen molar-refractivity contribution in [2.24, 2.45) is 0 Å². The Morgan fingerprint density at radius 3 is 2.70 bits per heavy atom. The predicted octanol–water partition coefficient (Wildman–Crippen LogP) is 4.87. The topological polar surface area (TPSA) is 29.5 Å². The van der Waals surface area contributed by atoms with E-state index in [9.17, 15) is 9.50 Å². The lowest BCUT2D eigenvalue weighted by Gasteiger charge is -2.14. The molecule has 0 heterocycles. The summed E-state index contributed by atoms with van der Waals surface area (Å²) in [5.74, 6) is 0.116. The molecule has 0 aliphatic rings. The number of halogens is 3. The van der Waals surface area contributed by atoms with Crippen molar-refractivity contribution in [2.45, 2.75) is 19.6 Å². The van der Waals surface area contributed by atoms with Gasteiger partial charge in [0.15, 0.2) is 0 Å². The summed E-state index contributed by atoms with van der Waals surface area (Å²) in [4.78, 5) is 0. The van der Waals surface area contributed by atoms with E-state index in [1.807, 2.05) is 0 Å². The number of aliphatic hydroxyl groups excluding tert-OH is 1. The third kappa shape index (κ3) is 3.72. The van der Waals surface area contributed by atoms with Gasteiger partial charge >= 0.3 is 0 Å². The Labute approximate surface area is 130 Å². The maximum absolute atomic E-state index is 13.7. The summed E-state index contributed by atoms with van der Waals surface area (Å²) >= 11 is 9.04. The summed E-state index contributed by atoms with van der Waals surface area (Å²) in [5, 5.41) is 10.1. The maximum Gasteiger partial charge on any atom is 0.131 e. The Hall–Kier alpha value is -1.10. The summed E-state index contributed by atoms with van der Waals surface area (Å²) in [5.41, 5.74) is 1.06. The van der Waals surface area contributed by atoms with Gasteiger partial charge in [-0.05, 0) is 37.3 Å². The molecule has 1 atom stereocenters. The molecule has 0 bridgehead atoms. The van der Waals surface area contributed by atoms with Crippen LogP contribution < -0.4 is 4.74 Å². The van der Waals surface area contributed by atoms with E-state index in [4.69, 9.17) is 16.3 Å². The molecule has 5 heteroatoms. The van der Waals surface area contributed by atoms with Gasteiger partial charge in [-0.3, -0.25) is 0 Å². The third-order valence-corrected chi connectivity index (χ3v) is 3.55. The van der Waals surface area contributed by atoms with E-state index < -0.39 is 11.9 Å². The van der Waals surface area contributed by atoms with Crippen molar-refractivity contribution in [3.05, 3.63) is 62.8 Å². The highest BCUT2D eigenvalue weighted by Crippen LogP contribution is 2.29. The zero-order chi connectivity index (χ0) is 14.7. The lowest BCUT2D eigenvalue weighted by atomic mass is 10.1. The molecular weight excluding hydrogens is 347 g/mol. The quantitative estimate of drug-likeness (QED) is 0.843. The minimum Gasteiger partial charge on any atom is -0.488 e. The molecule has 106 valence electrons. The highest BCUT2D eigenvalue weighted by molar-refractivity contribution is 9.10. The standard InChI is InChI=1S/C15H13BrClFO2/c1-9(19)13-6-11(16)3-5-15(13)20-8-10-2-4-12(17)7-14(10)18/h2-7,9,19H,8H2,1H3/t9-/m0/s1. The summed E-state index contributed by atoms with van der Waals surface area (Å²) in [7, 11) is 0. The molecule has 0 saturated heterocycles. The van der Waals surface area contributed by atoms with Gasteiger partial charge in [-0.25, -0.2) is 4.39 Å². The Balaban J connectivity index is 2.18. The molecule has 0 saturated carbocycles. The Morgan fingerprint density at radius 1 is 1.30 bits per heavy atom. The van der Waals surface area contributed by atoms with Crippen LogP contribution in [0.1, 0.15) is 24.2 Å². The molecule has 0 spiro atoms. The monoisotopic (exact) mass is 358 g/mol. The highest BCUT2D eigenvalue weighted by Gasteiger charge is 2.11. The van der Waals surface area contributed by atoms with Crippen LogP contribution in [0.4, 0.5) is 4.39 Å². The van der Waals surface area contributed by atoms with E-state index >= 15 is 0 Å². The summed E-state index contributed by atoms with van der Waals surface area (Å²) < 4.78 is 20.1. The van der Waals surface area contributed by atoms with E-state index in [2.05, 4.69) is 15.9 Å². The summed E-state index contributed by atoms with van der Waals surface area (Å²) in [6.45, 7) is 1.72. The zero-order valence-electron chi connectivity index (χ0n) is 10.7. The van der Waals surface area contributed by atoms with Crippen LogP contribution in [0.2, 0.25) is 5.02 Å². The van der Waals surface area contributed by atoms with Crippen LogP contribution in [0.25, 0.3) is 0 Å². The number of aliphatic hydroxyl groups is 1. The molecule has 0 unspecified atom stereocenters. The van der Waals surface area contributed by atoms with Crippen molar-refractivity contribution in [2.75, 3.05) is 0 Å². The van der Waals surface area contributed by atoms with E-state index in [1.165, 1.54) is 6.07 Å². The van der Waals surface area contributed by atoms with Gasteiger partial charge in [0.1, 0.15) is 18.2 Å². The van der Waals surface area contributed by atoms with E-state index in [0.717, 1.165) is 4.47 Å². The lowest BCUT2D eigenvalue weighted by Crippen LogP contribution is -2.02. The molecule has 0 fully saturated rings. The van der Waals surface area contributed by atoms with Gasteiger partial charge in [0.25, 0.3) is 0 Å². The zero-order valence-corrected chi connectivity index (χ0v) is 13.1. The van der Waals surface area contributed by atoms with E-state index in [-0.39, 0.29) is 6.61 Å². The lowest BCUT2D eigenvalue weighted by molar-refractivity contribution is 0.189. The van der Waals surface area contributed by atoms with Gasteiger partial charge < -0.3 is 9.84 Å². The molecule has 0 aliphatic carbocycles. The fraction of sp³-hybridized carbons (Fsp3) is 0.200. The van der Waals surface area contributed by atoms with Crippen LogP contribution in [0, 0.1) is 5.82 Å². The average molecular weight is 360 g/mol. The molecule has 2 rings (SSSR count). The van der Waals surface area contributed by atoms with Crippen LogP contribution in [-0.2, 0) is 6.61 Å². The van der Waals surface area contributed by atoms with Gasteiger partial charge in [-0.1, -0.05) is 33.6 Å². The summed E-state index contributed by atoms with van der Waals surface area (Å²) in [6.07, 6.45) is -0.669. The molecule has 1 N–H and O–H groups in total. The van der Waals surface area contributed by atoms with E-state index in [1.54, 1.807) is 37.3 Å². The van der Waals surface area contributed by atoms with Crippen molar-refractivity contribution >= 4 is 27.5 Å². The fourth-order valence-corrected chi connectivity index (χ4v) is 2.31. The van der Waals surface area contributed by atoms with Gasteiger partial charge in [0.2, 0.25) is 0 Å². The van der Waals surface area contributed by atoms with Crippen molar-refractivity contribution < 1.29 is 14.2 Å². The second-order valence-electron chi connectivity index (χ2n) is 4.38. The van der Waals surface area contributed by atoms with Gasteiger partial charge in [0, 0.05) is 20.6 Å². The number of rotatable bonds is 4. The van der Waals surface area contributed by atoms with Crippen molar-refractivity contribution in [3.8, 4) is 5.75 Å². The predicted molar refractivity (Wildman–Crippen MR) is 80.5 cm³/mol. The number of benzene rings is 2. The molecule has 20 heavy (non-hydrogen) atoms. The molecular formula is C15H13BrClFO2. The van der Waals surface area contributed by atoms with Gasteiger partial charge in [0.05, 0.1) is 6.10 Å². The smallest absolute Gasteiger partial charge is 0.131 e. The Kier molecular flexibility index (Phi) is 5.02. The van der Waals surface area contributed by atoms with Crippen molar-refractivity contribution in [1.29, 1.82) is 0 Å². The molecule has 2 aromatic carbocycles. The molecule has 0 aliphatic heterocycles. The molecule has 0 amide bonds. The second kappa shape index (κ2) is 6.57. The SMILES string of the molecule is C[C@H](O)c1cc(Br)ccc1OCc1ccc(Cl)cc1F. The third-order valence-electron chi connectivity index (χ3n) is 2.82. The number of hydrogen-bond acceptors (Lipinski definition) is 2. The second-order valence-corrected chi connectivity index (χ2v) is 5.73. The molecule has 0 radical (unpaired) electrons. The van der Waals surface area contributed by atoms with Crippen LogP contribution in [0.5, 0.6) is 5.75 Å². The molecule has 2 aromatic rings. The van der Waals surface area contributed by atoms with Crippen LogP contribution in [-0.4, -0.2) is 5.11 Å². The first kappa shape index (κ1) is 15.3. The first-order chi connectivity index (χ1) is 9.47. The minimum absolute atomic E-state index is 0.0738. The Morgan fingerprint density at radius 2 is 2.05 bits per heavy atom. The average Bonchev–Trinajstić information content (AvgIpc) is 2.38. The maximum atomic E-state index is 13.7. The normalized spacial score (nSPS) is 12.2. The van der Waals surface area contributed by atoms with E-state index in [0.29, 0.717) is 21.9 Å². The minimum atomic E-state index is -0.669. The number of ether oxygens (including phenoxy) is 1. The van der Waals surface area contributed by atoms with Crippen LogP contribution >= 0.6 is 27.5 Å². The van der Waals surface area contributed by atoms with Crippen LogP contribution in [0.15, 0.2) is 40.9 Å². The van der Waals surface area contributed by atoms with Gasteiger partial charge in [-0.2, -0.15) is 0 Å². The Bertz CT molecular complexity index is 617. The first-order valence-electron chi connectivity index (χ1n) is 6.01. The number of hydrogen-bond donors (Lipinski definition) is 1. The summed E-state index contributed by atoms with van der Waals surface area (Å²) in [6, 6.07) is 9.76. The van der Waals surface area contributed by atoms with Crippen LogP contribution in [0.3, 0.4) is 0 Å². The van der Waals surface area contributed by atoms with Crippen molar-refractivity contribution in [3.63, 3.8) is 0 Å². The van der Waals surface area contributed by atoms with Crippen molar-refractivity contribution in [1.82, 2.24) is 0 Å². The van der Waals surface area contributed by atoms with Gasteiger partial charge in [-0.15, -0.1) is 0 Å². The molecule has 2 nitrogen and oxygen atoms in total. The molecule has 0 aromatic heterocycles. The highest BCUT2D eigenvalue weighted by atomic mass is 79.9. The largest absolute Gasteiger partial charge is 0.488 e. The fourth-order valence-electron chi connectivity index (χ4n) is 1.77.